The lowest BCUT2D eigenvalue weighted by Crippen LogP contribution is -2.56. The Morgan fingerprint density at radius 1 is 1.29 bits per heavy atom. The van der Waals surface area contributed by atoms with Crippen LogP contribution in [0.2, 0.25) is 0 Å². The van der Waals surface area contributed by atoms with Gasteiger partial charge in [0.15, 0.2) is 5.69 Å². The van der Waals surface area contributed by atoms with Crippen molar-refractivity contribution in [2.75, 3.05) is 0 Å². The maximum Gasteiger partial charge on any atom is 0.438 e. The van der Waals surface area contributed by atoms with Gasteiger partial charge in [0, 0.05) is 19.2 Å². The van der Waals surface area contributed by atoms with Crippen LogP contribution in [0, 0.1) is 0 Å². The molecular formula is C11H9BrF6N4O2. The molecular weight excluding hydrogens is 414 g/mol. The van der Waals surface area contributed by atoms with Gasteiger partial charge in [0.2, 0.25) is 0 Å². The maximum atomic E-state index is 13.1. The third kappa shape index (κ3) is 2.79. The Bertz CT molecular complexity index is 725. The standard InChI is InChI=1S/C11H9BrF6N4O2/c1-4-3-9(24,11(16,17)18)22(19-4)8(23)6-5(12)7(10(13,14)15)20-21(6)2/h24H,3H2,1-2H3/t9-/m1/s1. The molecule has 0 bridgehead atoms. The van der Waals surface area contributed by atoms with E-state index in [0.29, 0.717) is 4.68 Å². The summed E-state index contributed by atoms with van der Waals surface area (Å²) in [5.41, 5.74) is -6.17. The number of aliphatic hydroxyl groups is 1. The van der Waals surface area contributed by atoms with Gasteiger partial charge in [0.05, 0.1) is 4.47 Å². The van der Waals surface area contributed by atoms with Crippen LogP contribution in [-0.2, 0) is 13.2 Å². The average molecular weight is 423 g/mol. The fourth-order valence-corrected chi connectivity index (χ4v) is 2.90. The van der Waals surface area contributed by atoms with Gasteiger partial charge in [-0.05, 0) is 22.9 Å². The van der Waals surface area contributed by atoms with E-state index in [2.05, 4.69) is 26.1 Å². The molecule has 0 aromatic carbocycles. The largest absolute Gasteiger partial charge is 0.438 e. The number of hydrogen-bond donors (Lipinski definition) is 1. The molecule has 1 atom stereocenters. The van der Waals surface area contributed by atoms with Crippen LogP contribution in [0.5, 0.6) is 0 Å². The second kappa shape index (κ2) is 5.44. The molecule has 1 aliphatic rings. The topological polar surface area (TPSA) is 70.7 Å². The van der Waals surface area contributed by atoms with Crippen molar-refractivity contribution in [2.45, 2.75) is 31.4 Å². The van der Waals surface area contributed by atoms with Crippen molar-refractivity contribution in [1.29, 1.82) is 0 Å². The van der Waals surface area contributed by atoms with Crippen LogP contribution in [0.3, 0.4) is 0 Å². The van der Waals surface area contributed by atoms with Crippen molar-refractivity contribution >= 4 is 27.5 Å². The van der Waals surface area contributed by atoms with Gasteiger partial charge in [-0.15, -0.1) is 0 Å². The summed E-state index contributed by atoms with van der Waals surface area (Å²) in [6, 6.07) is 0. The zero-order valence-electron chi connectivity index (χ0n) is 12.0. The number of carbonyl (C=O) groups is 1. The smallest absolute Gasteiger partial charge is 0.362 e. The summed E-state index contributed by atoms with van der Waals surface area (Å²) < 4.78 is 77.3. The van der Waals surface area contributed by atoms with E-state index in [1.807, 2.05) is 0 Å². The van der Waals surface area contributed by atoms with Crippen LogP contribution >= 0.6 is 15.9 Å². The molecule has 1 aromatic heterocycles. The molecule has 1 amide bonds. The third-order valence-corrected chi connectivity index (χ3v) is 3.98. The first-order valence-electron chi connectivity index (χ1n) is 6.17. The monoisotopic (exact) mass is 422 g/mol. The van der Waals surface area contributed by atoms with E-state index in [1.165, 1.54) is 0 Å². The Labute approximate surface area is 138 Å². The number of aryl methyl sites for hydroxylation is 1. The van der Waals surface area contributed by atoms with Crippen molar-refractivity contribution < 1.29 is 36.2 Å². The molecule has 0 fully saturated rings. The molecule has 1 aromatic rings. The lowest BCUT2D eigenvalue weighted by Gasteiger charge is -2.32. The number of aromatic nitrogens is 2. The van der Waals surface area contributed by atoms with Crippen molar-refractivity contribution in [3.8, 4) is 0 Å². The first-order chi connectivity index (χ1) is 10.7. The second-order valence-electron chi connectivity index (χ2n) is 5.08. The minimum Gasteiger partial charge on any atom is -0.362 e. The number of hydrogen-bond acceptors (Lipinski definition) is 4. The van der Waals surface area contributed by atoms with Crippen LogP contribution in [0.4, 0.5) is 26.3 Å². The lowest BCUT2D eigenvalue weighted by molar-refractivity contribution is -0.297. The van der Waals surface area contributed by atoms with E-state index in [1.54, 1.807) is 0 Å². The first-order valence-corrected chi connectivity index (χ1v) is 6.97. The van der Waals surface area contributed by atoms with Crippen LogP contribution in [0.15, 0.2) is 9.57 Å². The lowest BCUT2D eigenvalue weighted by atomic mass is 10.1. The Kier molecular flexibility index (Phi) is 4.24. The zero-order chi connectivity index (χ0) is 18.7. The number of nitrogens with zero attached hydrogens (tertiary/aromatic N) is 4. The summed E-state index contributed by atoms with van der Waals surface area (Å²) in [6.45, 7) is 1.14. The fourth-order valence-electron chi connectivity index (χ4n) is 2.17. The van der Waals surface area contributed by atoms with Crippen molar-refractivity contribution in [3.63, 3.8) is 0 Å². The van der Waals surface area contributed by atoms with Crippen LogP contribution in [-0.4, -0.2) is 43.4 Å². The Morgan fingerprint density at radius 2 is 1.83 bits per heavy atom. The van der Waals surface area contributed by atoms with E-state index >= 15 is 0 Å². The molecule has 0 radical (unpaired) electrons. The highest BCUT2D eigenvalue weighted by atomic mass is 79.9. The molecule has 2 heterocycles. The highest BCUT2D eigenvalue weighted by Crippen LogP contribution is 2.42. The molecule has 1 N–H and O–H groups in total. The van der Waals surface area contributed by atoms with E-state index < -0.39 is 46.3 Å². The summed E-state index contributed by atoms with van der Waals surface area (Å²) in [5, 5.41) is 16.0. The van der Waals surface area contributed by atoms with Gasteiger partial charge in [-0.25, -0.2) is 0 Å². The molecule has 0 spiro atoms. The van der Waals surface area contributed by atoms with Crippen LogP contribution < -0.4 is 0 Å². The normalized spacial score (nSPS) is 22.1. The Morgan fingerprint density at radius 3 is 2.25 bits per heavy atom. The summed E-state index contributed by atoms with van der Waals surface area (Å²) >= 11 is 2.53. The van der Waals surface area contributed by atoms with Crippen molar-refractivity contribution in [3.05, 3.63) is 15.9 Å². The van der Waals surface area contributed by atoms with E-state index in [4.69, 9.17) is 0 Å². The Hall–Kier alpha value is -1.63. The van der Waals surface area contributed by atoms with Crippen molar-refractivity contribution in [2.24, 2.45) is 12.1 Å². The molecule has 6 nitrogen and oxygen atoms in total. The molecule has 0 aliphatic carbocycles. The second-order valence-corrected chi connectivity index (χ2v) is 5.87. The van der Waals surface area contributed by atoms with Gasteiger partial charge in [-0.3, -0.25) is 9.48 Å². The van der Waals surface area contributed by atoms with Crippen molar-refractivity contribution in [1.82, 2.24) is 14.8 Å². The SMILES string of the molecule is CC1=NN(C(=O)c2c(Br)c(C(F)(F)F)nn2C)[C@](O)(C(F)(F)F)C1. The van der Waals surface area contributed by atoms with E-state index in [-0.39, 0.29) is 10.7 Å². The molecule has 13 heteroatoms. The van der Waals surface area contributed by atoms with Gasteiger partial charge in [-0.2, -0.15) is 41.6 Å². The van der Waals surface area contributed by atoms with Gasteiger partial charge in [0.1, 0.15) is 5.69 Å². The predicted molar refractivity (Wildman–Crippen MR) is 70.8 cm³/mol. The summed E-state index contributed by atoms with van der Waals surface area (Å²) in [5.74, 6) is -1.58. The number of amides is 1. The minimum absolute atomic E-state index is 0.211. The number of alkyl halides is 6. The van der Waals surface area contributed by atoms with Gasteiger partial charge >= 0.3 is 12.4 Å². The number of rotatable bonds is 1. The molecule has 2 rings (SSSR count). The zero-order valence-corrected chi connectivity index (χ0v) is 13.6. The number of hydrazone groups is 1. The summed E-state index contributed by atoms with van der Waals surface area (Å²) in [4.78, 5) is 12.3. The summed E-state index contributed by atoms with van der Waals surface area (Å²) in [7, 11) is 0.951. The average Bonchev–Trinajstić information content (AvgIpc) is 2.85. The van der Waals surface area contributed by atoms with E-state index in [0.717, 1.165) is 14.0 Å². The highest BCUT2D eigenvalue weighted by molar-refractivity contribution is 9.10. The van der Waals surface area contributed by atoms with Gasteiger partial charge in [-0.1, -0.05) is 0 Å². The molecule has 0 unspecified atom stereocenters. The highest BCUT2D eigenvalue weighted by Gasteiger charge is 2.63. The minimum atomic E-state index is -5.26. The maximum absolute atomic E-state index is 13.1. The summed E-state index contributed by atoms with van der Waals surface area (Å²) in [6.07, 6.45) is -11.2. The van der Waals surface area contributed by atoms with Crippen LogP contribution in [0.25, 0.3) is 0 Å². The quantitative estimate of drug-likeness (QED) is 0.707. The van der Waals surface area contributed by atoms with Crippen LogP contribution in [0.1, 0.15) is 29.5 Å². The molecule has 24 heavy (non-hydrogen) atoms. The third-order valence-electron chi connectivity index (χ3n) is 3.23. The van der Waals surface area contributed by atoms with E-state index in [9.17, 15) is 36.2 Å². The molecule has 0 saturated carbocycles. The predicted octanol–water partition coefficient (Wildman–Crippen LogP) is 2.67. The fraction of sp³-hybridized carbons (Fsp3) is 0.545. The number of halogens is 7. The van der Waals surface area contributed by atoms with Gasteiger partial charge in [0.25, 0.3) is 11.6 Å². The number of carbonyl (C=O) groups excluding carboxylic acids is 1. The molecule has 134 valence electrons. The molecule has 0 saturated heterocycles. The first kappa shape index (κ1) is 18.7. The molecule has 1 aliphatic heterocycles. The van der Waals surface area contributed by atoms with Gasteiger partial charge < -0.3 is 5.11 Å². The Balaban J connectivity index is 2.55.